The van der Waals surface area contributed by atoms with Crippen LogP contribution in [-0.4, -0.2) is 77.0 Å². The third-order valence-electron chi connectivity index (χ3n) is 6.22. The lowest BCUT2D eigenvalue weighted by Gasteiger charge is -2.34. The van der Waals surface area contributed by atoms with Crippen molar-refractivity contribution < 1.29 is 27.6 Å². The molecule has 0 N–H and O–H groups in total. The van der Waals surface area contributed by atoms with Crippen LogP contribution < -0.4 is 0 Å². The molecule has 10 heteroatoms. The molecule has 0 radical (unpaired) electrons. The van der Waals surface area contributed by atoms with E-state index in [0.29, 0.717) is 16.9 Å². The predicted octanol–water partition coefficient (Wildman–Crippen LogP) is 0.936. The van der Waals surface area contributed by atoms with Crippen molar-refractivity contribution in [2.45, 2.75) is 50.7 Å². The Labute approximate surface area is 180 Å². The lowest BCUT2D eigenvalue weighted by Crippen LogP contribution is -2.51. The van der Waals surface area contributed by atoms with Crippen molar-refractivity contribution in [2.24, 2.45) is 0 Å². The van der Waals surface area contributed by atoms with Gasteiger partial charge in [-0.25, -0.2) is 18.1 Å². The van der Waals surface area contributed by atoms with Crippen LogP contribution in [0.2, 0.25) is 0 Å². The second-order valence-electron chi connectivity index (χ2n) is 8.35. The maximum Gasteiger partial charge on any atom is 0.335 e. The first-order chi connectivity index (χ1) is 14.8. The fraction of sp³-hybridized carbons (Fsp3) is 0.524. The van der Waals surface area contributed by atoms with Crippen molar-refractivity contribution in [2.75, 3.05) is 18.1 Å². The number of rotatable bonds is 6. The Balaban J connectivity index is 1.50. The number of sulfone groups is 1. The number of imide groups is 2. The van der Waals surface area contributed by atoms with Gasteiger partial charge in [0.2, 0.25) is 5.91 Å². The Morgan fingerprint density at radius 3 is 2.19 bits per heavy atom. The van der Waals surface area contributed by atoms with Crippen LogP contribution in [0.3, 0.4) is 0 Å². The fourth-order valence-electron chi connectivity index (χ4n) is 4.69. The van der Waals surface area contributed by atoms with Gasteiger partial charge in [0, 0.05) is 12.1 Å². The lowest BCUT2D eigenvalue weighted by atomic mass is 10.1. The number of carbonyl (C=O) groups excluding carboxylic acids is 4. The second kappa shape index (κ2) is 8.41. The average molecular weight is 448 g/mol. The largest absolute Gasteiger partial charge is 0.335 e. The third-order valence-corrected chi connectivity index (χ3v) is 7.97. The predicted molar refractivity (Wildman–Crippen MR) is 110 cm³/mol. The van der Waals surface area contributed by atoms with E-state index in [2.05, 4.69) is 0 Å². The maximum absolute atomic E-state index is 13.2. The monoisotopic (exact) mass is 447 g/mol. The van der Waals surface area contributed by atoms with Gasteiger partial charge in [-0.05, 0) is 24.8 Å². The van der Waals surface area contributed by atoms with E-state index in [4.69, 9.17) is 0 Å². The lowest BCUT2D eigenvalue weighted by molar-refractivity contribution is -0.145. The molecule has 2 aliphatic heterocycles. The van der Waals surface area contributed by atoms with E-state index in [0.717, 1.165) is 30.6 Å². The minimum Gasteiger partial charge on any atom is -0.334 e. The Bertz CT molecular complexity index is 1000. The van der Waals surface area contributed by atoms with Crippen molar-refractivity contribution in [1.29, 1.82) is 0 Å². The highest BCUT2D eigenvalue weighted by Gasteiger charge is 2.47. The Morgan fingerprint density at radius 1 is 0.935 bits per heavy atom. The normalized spacial score (nSPS) is 23.7. The molecule has 0 spiro atoms. The quantitative estimate of drug-likeness (QED) is 0.474. The van der Waals surface area contributed by atoms with Crippen LogP contribution in [0.25, 0.3) is 0 Å². The van der Waals surface area contributed by atoms with Gasteiger partial charge in [-0.1, -0.05) is 43.2 Å². The molecule has 9 nitrogen and oxygen atoms in total. The molecular formula is C21H25N3O6S. The van der Waals surface area contributed by atoms with Crippen molar-refractivity contribution >= 4 is 33.6 Å². The van der Waals surface area contributed by atoms with Gasteiger partial charge >= 0.3 is 17.8 Å². The molecule has 3 fully saturated rings. The van der Waals surface area contributed by atoms with Crippen LogP contribution in [-0.2, 0) is 30.8 Å². The number of hydrogen-bond acceptors (Lipinski definition) is 6. The van der Waals surface area contributed by atoms with Crippen LogP contribution in [0, 0.1) is 0 Å². The molecule has 166 valence electrons. The summed E-state index contributed by atoms with van der Waals surface area (Å²) in [5.41, 5.74) is 0.689. The van der Waals surface area contributed by atoms with E-state index in [1.54, 1.807) is 35.2 Å². The summed E-state index contributed by atoms with van der Waals surface area (Å²) < 4.78 is 24.0. The van der Waals surface area contributed by atoms with E-state index in [-0.39, 0.29) is 24.1 Å². The molecule has 3 aliphatic rings. The molecule has 1 atom stereocenters. The first-order valence-corrected chi connectivity index (χ1v) is 12.3. The molecule has 1 saturated carbocycles. The number of urea groups is 1. The molecule has 2 heterocycles. The summed E-state index contributed by atoms with van der Waals surface area (Å²) >= 11 is 0. The fourth-order valence-corrected chi connectivity index (χ4v) is 6.41. The van der Waals surface area contributed by atoms with E-state index in [9.17, 15) is 27.6 Å². The summed E-state index contributed by atoms with van der Waals surface area (Å²) in [5, 5.41) is 0. The Morgan fingerprint density at radius 2 is 1.58 bits per heavy atom. The van der Waals surface area contributed by atoms with Gasteiger partial charge in [0.1, 0.15) is 6.54 Å². The molecule has 0 aromatic heterocycles. The topological polar surface area (TPSA) is 112 Å². The van der Waals surface area contributed by atoms with Crippen LogP contribution in [0.4, 0.5) is 4.79 Å². The van der Waals surface area contributed by atoms with Crippen molar-refractivity contribution in [3.05, 3.63) is 35.9 Å². The number of hydrogen-bond donors (Lipinski definition) is 0. The molecule has 1 aliphatic carbocycles. The molecular weight excluding hydrogens is 422 g/mol. The summed E-state index contributed by atoms with van der Waals surface area (Å²) in [5.74, 6) is -2.54. The molecule has 4 rings (SSSR count). The van der Waals surface area contributed by atoms with Crippen molar-refractivity contribution in [1.82, 2.24) is 14.7 Å². The first kappa shape index (κ1) is 21.5. The minimum atomic E-state index is -3.21. The minimum absolute atomic E-state index is 0.0269. The van der Waals surface area contributed by atoms with Gasteiger partial charge in [0.15, 0.2) is 9.84 Å². The number of carbonyl (C=O) groups is 4. The third kappa shape index (κ3) is 4.34. The Kier molecular flexibility index (Phi) is 5.83. The van der Waals surface area contributed by atoms with Crippen molar-refractivity contribution in [3.63, 3.8) is 0 Å². The number of benzene rings is 1. The van der Waals surface area contributed by atoms with Gasteiger partial charge < -0.3 is 4.90 Å². The van der Waals surface area contributed by atoms with Gasteiger partial charge in [-0.3, -0.25) is 19.3 Å². The van der Waals surface area contributed by atoms with Gasteiger partial charge in [-0.2, -0.15) is 0 Å². The molecule has 1 aromatic carbocycles. The van der Waals surface area contributed by atoms with Crippen LogP contribution in [0.5, 0.6) is 0 Å². The highest BCUT2D eigenvalue weighted by Crippen LogP contribution is 2.29. The molecule has 1 aromatic rings. The van der Waals surface area contributed by atoms with Crippen LogP contribution >= 0.6 is 0 Å². The first-order valence-electron chi connectivity index (χ1n) is 10.5. The van der Waals surface area contributed by atoms with Crippen LogP contribution in [0.15, 0.2) is 30.3 Å². The van der Waals surface area contributed by atoms with Crippen LogP contribution in [0.1, 0.15) is 37.7 Å². The molecule has 0 bridgehead atoms. The highest BCUT2D eigenvalue weighted by atomic mass is 32.2. The molecule has 0 unspecified atom stereocenters. The summed E-state index contributed by atoms with van der Waals surface area (Å²) in [4.78, 5) is 53.9. The summed E-state index contributed by atoms with van der Waals surface area (Å²) in [7, 11) is -3.21. The SMILES string of the molecule is O=C1C(=O)N(Cc2ccccc2)C(=O)N1CC(=O)N(C1CCCC1)[C@H]1CCS(=O)(=O)C1. The maximum atomic E-state index is 13.2. The van der Waals surface area contributed by atoms with Crippen molar-refractivity contribution in [3.8, 4) is 0 Å². The number of amides is 5. The van der Waals surface area contributed by atoms with E-state index in [1.165, 1.54) is 0 Å². The van der Waals surface area contributed by atoms with Gasteiger partial charge in [-0.15, -0.1) is 0 Å². The summed E-state index contributed by atoms with van der Waals surface area (Å²) in [6.45, 7) is -0.607. The molecule has 2 saturated heterocycles. The smallest absolute Gasteiger partial charge is 0.334 e. The standard InChI is InChI=1S/C21H25N3O6S/c25-18(24(16-8-4-5-9-16)17-10-11-31(29,30)14-17)13-23-20(27)19(26)22(21(23)28)12-15-6-2-1-3-7-15/h1-3,6-7,16-17H,4-5,8-14H2/t17-/m0/s1. The average Bonchev–Trinajstić information content (AvgIpc) is 3.43. The zero-order valence-electron chi connectivity index (χ0n) is 17.1. The summed E-state index contributed by atoms with van der Waals surface area (Å²) in [6.07, 6.45) is 3.77. The van der Waals surface area contributed by atoms with E-state index >= 15 is 0 Å². The number of nitrogens with zero attached hydrogens (tertiary/aromatic N) is 3. The highest BCUT2D eigenvalue weighted by molar-refractivity contribution is 7.91. The van der Waals surface area contributed by atoms with E-state index in [1.807, 2.05) is 0 Å². The molecule has 31 heavy (non-hydrogen) atoms. The van der Waals surface area contributed by atoms with Gasteiger partial charge in [0.25, 0.3) is 0 Å². The van der Waals surface area contributed by atoms with E-state index < -0.39 is 46.2 Å². The Hall–Kier alpha value is -2.75. The zero-order valence-corrected chi connectivity index (χ0v) is 17.9. The van der Waals surface area contributed by atoms with Gasteiger partial charge in [0.05, 0.1) is 18.1 Å². The zero-order chi connectivity index (χ0) is 22.2. The summed E-state index contributed by atoms with van der Waals surface area (Å²) in [6, 6.07) is 7.42. The second-order valence-corrected chi connectivity index (χ2v) is 10.6. The molecule has 5 amide bonds.